The standard InChI is InChI=1S/C18H19NO4/c1-13(20)17(21)16(15-10-6-3-7-11-15)19-18(22)23-12-14-8-4-2-5-9-14/h2-11,16-17,21H,12H2,1H3,(H,19,22)/t16-,17-/m0/s1. The molecule has 0 saturated carbocycles. The second-order valence-corrected chi connectivity index (χ2v) is 5.15. The number of hydrogen-bond acceptors (Lipinski definition) is 4. The van der Waals surface area contributed by atoms with E-state index >= 15 is 0 Å². The zero-order valence-corrected chi connectivity index (χ0v) is 12.8. The highest BCUT2D eigenvalue weighted by Gasteiger charge is 2.26. The highest BCUT2D eigenvalue weighted by Crippen LogP contribution is 2.18. The Morgan fingerprint density at radius 1 is 1.04 bits per heavy atom. The van der Waals surface area contributed by atoms with Gasteiger partial charge >= 0.3 is 6.09 Å². The van der Waals surface area contributed by atoms with Crippen molar-refractivity contribution in [1.29, 1.82) is 0 Å². The number of alkyl carbamates (subject to hydrolysis) is 1. The molecule has 0 aliphatic heterocycles. The lowest BCUT2D eigenvalue weighted by molar-refractivity contribution is -0.126. The van der Waals surface area contributed by atoms with Crippen LogP contribution in [-0.4, -0.2) is 23.1 Å². The van der Waals surface area contributed by atoms with Crippen LogP contribution in [0.25, 0.3) is 0 Å². The van der Waals surface area contributed by atoms with Gasteiger partial charge in [-0.25, -0.2) is 4.79 Å². The van der Waals surface area contributed by atoms with Gasteiger partial charge in [-0.2, -0.15) is 0 Å². The number of amides is 1. The number of aliphatic hydroxyl groups excluding tert-OH is 1. The van der Waals surface area contributed by atoms with Crippen molar-refractivity contribution in [2.75, 3.05) is 0 Å². The van der Waals surface area contributed by atoms with E-state index in [1.807, 2.05) is 36.4 Å². The maximum absolute atomic E-state index is 12.0. The molecule has 23 heavy (non-hydrogen) atoms. The van der Waals surface area contributed by atoms with Gasteiger partial charge in [0.25, 0.3) is 0 Å². The van der Waals surface area contributed by atoms with Gasteiger partial charge in [0.2, 0.25) is 0 Å². The van der Waals surface area contributed by atoms with Gasteiger partial charge in [-0.1, -0.05) is 60.7 Å². The number of Topliss-reactive ketones (excluding diaryl/α,β-unsaturated/α-hetero) is 1. The Bertz CT molecular complexity index is 643. The smallest absolute Gasteiger partial charge is 0.408 e. The summed E-state index contributed by atoms with van der Waals surface area (Å²) in [5.41, 5.74) is 1.48. The summed E-state index contributed by atoms with van der Waals surface area (Å²) in [6.45, 7) is 1.39. The summed E-state index contributed by atoms with van der Waals surface area (Å²) < 4.78 is 5.14. The molecule has 0 saturated heterocycles. The van der Waals surface area contributed by atoms with Crippen LogP contribution in [0.3, 0.4) is 0 Å². The predicted molar refractivity (Wildman–Crippen MR) is 85.6 cm³/mol. The highest BCUT2D eigenvalue weighted by molar-refractivity contribution is 5.82. The van der Waals surface area contributed by atoms with E-state index in [1.165, 1.54) is 6.92 Å². The van der Waals surface area contributed by atoms with Gasteiger partial charge in [0, 0.05) is 0 Å². The third kappa shape index (κ3) is 4.93. The summed E-state index contributed by atoms with van der Waals surface area (Å²) in [4.78, 5) is 23.4. The number of benzene rings is 2. The van der Waals surface area contributed by atoms with E-state index in [1.54, 1.807) is 24.3 Å². The Balaban J connectivity index is 2.02. The molecule has 5 nitrogen and oxygen atoms in total. The van der Waals surface area contributed by atoms with Gasteiger partial charge in [-0.15, -0.1) is 0 Å². The minimum Gasteiger partial charge on any atom is -0.445 e. The molecule has 2 rings (SSSR count). The number of carbonyl (C=O) groups excluding carboxylic acids is 2. The first-order chi connectivity index (χ1) is 11.1. The number of aliphatic hydroxyl groups is 1. The summed E-state index contributed by atoms with van der Waals surface area (Å²) in [5.74, 6) is -0.429. The molecule has 0 aliphatic carbocycles. The fourth-order valence-electron chi connectivity index (χ4n) is 2.13. The zero-order chi connectivity index (χ0) is 16.7. The molecule has 0 radical (unpaired) electrons. The van der Waals surface area contributed by atoms with E-state index in [9.17, 15) is 14.7 Å². The largest absolute Gasteiger partial charge is 0.445 e. The molecule has 2 aromatic carbocycles. The maximum Gasteiger partial charge on any atom is 0.408 e. The summed E-state index contributed by atoms with van der Waals surface area (Å²) in [6, 6.07) is 17.2. The molecule has 120 valence electrons. The summed E-state index contributed by atoms with van der Waals surface area (Å²) in [6.07, 6.45) is -2.02. The molecule has 0 unspecified atom stereocenters. The first kappa shape index (κ1) is 16.7. The molecule has 0 bridgehead atoms. The lowest BCUT2D eigenvalue weighted by atomic mass is 9.99. The van der Waals surface area contributed by atoms with Crippen LogP contribution in [0, 0.1) is 0 Å². The minimum absolute atomic E-state index is 0.115. The number of carbonyl (C=O) groups is 2. The van der Waals surface area contributed by atoms with Crippen LogP contribution in [0.1, 0.15) is 24.1 Å². The lowest BCUT2D eigenvalue weighted by Crippen LogP contribution is -2.39. The fraction of sp³-hybridized carbons (Fsp3) is 0.222. The van der Waals surface area contributed by atoms with Crippen LogP contribution in [-0.2, 0) is 16.1 Å². The molecule has 1 amide bonds. The van der Waals surface area contributed by atoms with Crippen molar-refractivity contribution < 1.29 is 19.4 Å². The summed E-state index contributed by atoms with van der Waals surface area (Å²) in [7, 11) is 0. The second-order valence-electron chi connectivity index (χ2n) is 5.15. The number of ether oxygens (including phenoxy) is 1. The molecule has 5 heteroatoms. The third-order valence-corrected chi connectivity index (χ3v) is 3.38. The molecule has 2 N–H and O–H groups in total. The Morgan fingerprint density at radius 3 is 2.17 bits per heavy atom. The van der Waals surface area contributed by atoms with E-state index in [4.69, 9.17) is 4.74 Å². The Labute approximate surface area is 134 Å². The van der Waals surface area contributed by atoms with Gasteiger partial charge < -0.3 is 15.2 Å². The van der Waals surface area contributed by atoms with Crippen molar-refractivity contribution in [2.24, 2.45) is 0 Å². The number of rotatable bonds is 6. The molecule has 0 spiro atoms. The van der Waals surface area contributed by atoms with Crippen LogP contribution in [0.2, 0.25) is 0 Å². The number of nitrogens with one attached hydrogen (secondary N) is 1. The molecule has 2 aromatic rings. The van der Waals surface area contributed by atoms with Gasteiger partial charge in [0.15, 0.2) is 5.78 Å². The molecular formula is C18H19NO4. The van der Waals surface area contributed by atoms with Crippen molar-refractivity contribution in [3.63, 3.8) is 0 Å². The monoisotopic (exact) mass is 313 g/mol. The van der Waals surface area contributed by atoms with Crippen molar-refractivity contribution in [3.8, 4) is 0 Å². The van der Waals surface area contributed by atoms with E-state index in [0.29, 0.717) is 5.56 Å². The number of hydrogen-bond donors (Lipinski definition) is 2. The predicted octanol–water partition coefficient (Wildman–Crippen LogP) is 2.60. The van der Waals surface area contributed by atoms with Crippen LogP contribution < -0.4 is 5.32 Å². The number of ketones is 1. The molecule has 0 aliphatic rings. The van der Waals surface area contributed by atoms with E-state index < -0.39 is 24.0 Å². The minimum atomic E-state index is -1.33. The van der Waals surface area contributed by atoms with Crippen LogP contribution in [0.4, 0.5) is 4.79 Å². The zero-order valence-electron chi connectivity index (χ0n) is 12.8. The van der Waals surface area contributed by atoms with Gasteiger partial charge in [-0.05, 0) is 18.1 Å². The first-order valence-corrected chi connectivity index (χ1v) is 7.28. The topological polar surface area (TPSA) is 75.6 Å². The second kappa shape index (κ2) is 8.10. The normalized spacial score (nSPS) is 13.0. The Kier molecular flexibility index (Phi) is 5.88. The average Bonchev–Trinajstić information content (AvgIpc) is 2.59. The van der Waals surface area contributed by atoms with Crippen molar-refractivity contribution in [2.45, 2.75) is 25.7 Å². The quantitative estimate of drug-likeness (QED) is 0.859. The van der Waals surface area contributed by atoms with E-state index in [-0.39, 0.29) is 6.61 Å². The summed E-state index contributed by atoms with van der Waals surface area (Å²) >= 11 is 0. The third-order valence-electron chi connectivity index (χ3n) is 3.38. The van der Waals surface area contributed by atoms with Crippen LogP contribution in [0.5, 0.6) is 0 Å². The van der Waals surface area contributed by atoms with Crippen LogP contribution >= 0.6 is 0 Å². The van der Waals surface area contributed by atoms with Crippen molar-refractivity contribution >= 4 is 11.9 Å². The summed E-state index contributed by atoms with van der Waals surface area (Å²) in [5, 5.41) is 12.6. The van der Waals surface area contributed by atoms with Crippen molar-refractivity contribution in [1.82, 2.24) is 5.32 Å². The Hall–Kier alpha value is -2.66. The van der Waals surface area contributed by atoms with Gasteiger partial charge in [-0.3, -0.25) is 4.79 Å². The highest BCUT2D eigenvalue weighted by atomic mass is 16.5. The van der Waals surface area contributed by atoms with Gasteiger partial charge in [0.05, 0.1) is 6.04 Å². The fourth-order valence-corrected chi connectivity index (χ4v) is 2.13. The maximum atomic E-state index is 12.0. The Morgan fingerprint density at radius 2 is 1.61 bits per heavy atom. The van der Waals surface area contributed by atoms with E-state index in [0.717, 1.165) is 5.56 Å². The van der Waals surface area contributed by atoms with E-state index in [2.05, 4.69) is 5.32 Å². The first-order valence-electron chi connectivity index (χ1n) is 7.28. The van der Waals surface area contributed by atoms with Crippen molar-refractivity contribution in [3.05, 3.63) is 71.8 Å². The molecule has 0 fully saturated rings. The molecule has 2 atom stereocenters. The SMILES string of the molecule is CC(=O)[C@H](O)[C@@H](NC(=O)OCc1ccccc1)c1ccccc1. The molecule has 0 aromatic heterocycles. The average molecular weight is 313 g/mol. The van der Waals surface area contributed by atoms with Gasteiger partial charge in [0.1, 0.15) is 12.7 Å². The lowest BCUT2D eigenvalue weighted by Gasteiger charge is -2.22. The molecular weight excluding hydrogens is 294 g/mol. The molecule has 0 heterocycles. The van der Waals surface area contributed by atoms with Crippen LogP contribution in [0.15, 0.2) is 60.7 Å².